The molecule has 31 heavy (non-hydrogen) atoms. The SMILES string of the molecule is CCC(C)C(NC1(OC)CC=c2ccccc2=C1c1cccc2ccccc12)C(=O)O. The molecule has 4 heteroatoms. The number of ether oxygens (including phenoxy) is 1. The Labute approximate surface area is 182 Å². The molecule has 3 unspecified atom stereocenters. The highest BCUT2D eigenvalue weighted by Gasteiger charge is 2.41. The summed E-state index contributed by atoms with van der Waals surface area (Å²) in [4.78, 5) is 12.2. The van der Waals surface area contributed by atoms with E-state index in [-0.39, 0.29) is 5.92 Å². The van der Waals surface area contributed by atoms with E-state index in [0.29, 0.717) is 6.42 Å². The zero-order chi connectivity index (χ0) is 22.0. The van der Waals surface area contributed by atoms with Gasteiger partial charge in [0.05, 0.1) is 0 Å². The number of aliphatic carboxylic acids is 1. The molecule has 3 atom stereocenters. The second-order valence-corrected chi connectivity index (χ2v) is 8.27. The summed E-state index contributed by atoms with van der Waals surface area (Å²) in [5.41, 5.74) is 1.09. The molecule has 0 amide bonds. The van der Waals surface area contributed by atoms with Crippen LogP contribution in [0.15, 0.2) is 66.7 Å². The number of methoxy groups -OCH3 is 1. The molecular formula is C27H29NO3. The molecule has 1 aliphatic carbocycles. The van der Waals surface area contributed by atoms with E-state index >= 15 is 0 Å². The van der Waals surface area contributed by atoms with Crippen molar-refractivity contribution in [2.75, 3.05) is 7.11 Å². The molecule has 4 rings (SSSR count). The van der Waals surface area contributed by atoms with Gasteiger partial charge in [-0.05, 0) is 32.7 Å². The van der Waals surface area contributed by atoms with Crippen molar-refractivity contribution >= 4 is 28.4 Å². The average molecular weight is 416 g/mol. The average Bonchev–Trinajstić information content (AvgIpc) is 2.81. The van der Waals surface area contributed by atoms with Gasteiger partial charge in [0.25, 0.3) is 0 Å². The Balaban J connectivity index is 2.02. The molecule has 0 aliphatic heterocycles. The van der Waals surface area contributed by atoms with Gasteiger partial charge in [-0.2, -0.15) is 0 Å². The largest absolute Gasteiger partial charge is 0.480 e. The summed E-state index contributed by atoms with van der Waals surface area (Å²) in [6, 6.07) is 22.1. The molecule has 0 spiro atoms. The maximum Gasteiger partial charge on any atom is 0.321 e. The van der Waals surface area contributed by atoms with E-state index in [9.17, 15) is 9.90 Å². The first-order valence-corrected chi connectivity index (χ1v) is 10.8. The lowest BCUT2D eigenvalue weighted by atomic mass is 9.82. The maximum atomic E-state index is 12.2. The van der Waals surface area contributed by atoms with Crippen molar-refractivity contribution in [3.8, 4) is 0 Å². The lowest BCUT2D eigenvalue weighted by Crippen LogP contribution is -2.60. The molecule has 0 radical (unpaired) electrons. The van der Waals surface area contributed by atoms with E-state index in [1.54, 1.807) is 7.11 Å². The Hall–Kier alpha value is -2.95. The van der Waals surface area contributed by atoms with Gasteiger partial charge in [0.1, 0.15) is 11.8 Å². The van der Waals surface area contributed by atoms with Crippen LogP contribution >= 0.6 is 0 Å². The molecule has 0 heterocycles. The fraction of sp³-hybridized carbons (Fsp3) is 0.296. The highest BCUT2D eigenvalue weighted by Crippen LogP contribution is 2.35. The van der Waals surface area contributed by atoms with Gasteiger partial charge in [0.15, 0.2) is 0 Å². The maximum absolute atomic E-state index is 12.2. The molecule has 4 nitrogen and oxygen atoms in total. The Morgan fingerprint density at radius 2 is 1.81 bits per heavy atom. The lowest BCUT2D eigenvalue weighted by molar-refractivity contribution is -0.143. The minimum absolute atomic E-state index is 0.0459. The third-order valence-electron chi connectivity index (χ3n) is 6.52. The summed E-state index contributed by atoms with van der Waals surface area (Å²) >= 11 is 0. The van der Waals surface area contributed by atoms with Gasteiger partial charge in [0, 0.05) is 19.1 Å². The van der Waals surface area contributed by atoms with Gasteiger partial charge in [-0.15, -0.1) is 0 Å². The van der Waals surface area contributed by atoms with Crippen LogP contribution in [-0.2, 0) is 9.53 Å². The van der Waals surface area contributed by atoms with E-state index in [1.807, 2.05) is 38.1 Å². The van der Waals surface area contributed by atoms with Crippen molar-refractivity contribution in [2.24, 2.45) is 5.92 Å². The minimum Gasteiger partial charge on any atom is -0.480 e. The van der Waals surface area contributed by atoms with Crippen molar-refractivity contribution in [3.63, 3.8) is 0 Å². The smallest absolute Gasteiger partial charge is 0.321 e. The summed E-state index contributed by atoms with van der Waals surface area (Å²) in [7, 11) is 1.66. The van der Waals surface area contributed by atoms with E-state index in [0.717, 1.165) is 38.8 Å². The zero-order valence-corrected chi connectivity index (χ0v) is 18.3. The molecule has 160 valence electrons. The van der Waals surface area contributed by atoms with Crippen molar-refractivity contribution in [1.82, 2.24) is 5.32 Å². The quantitative estimate of drug-likeness (QED) is 0.579. The molecule has 0 fully saturated rings. The first-order valence-electron chi connectivity index (χ1n) is 10.8. The Morgan fingerprint density at radius 3 is 2.55 bits per heavy atom. The van der Waals surface area contributed by atoms with Gasteiger partial charge in [-0.25, -0.2) is 0 Å². The topological polar surface area (TPSA) is 58.6 Å². The molecule has 3 aromatic carbocycles. The molecule has 0 aromatic heterocycles. The Morgan fingerprint density at radius 1 is 1.10 bits per heavy atom. The van der Waals surface area contributed by atoms with Crippen molar-refractivity contribution in [3.05, 3.63) is 82.7 Å². The minimum atomic E-state index is -0.953. The summed E-state index contributed by atoms with van der Waals surface area (Å²) in [5.74, 6) is -0.905. The third-order valence-corrected chi connectivity index (χ3v) is 6.52. The second-order valence-electron chi connectivity index (χ2n) is 8.27. The van der Waals surface area contributed by atoms with E-state index in [2.05, 4.69) is 53.9 Å². The van der Waals surface area contributed by atoms with E-state index in [4.69, 9.17) is 4.74 Å². The summed E-state index contributed by atoms with van der Waals surface area (Å²) in [6.45, 7) is 3.98. The second kappa shape index (κ2) is 8.66. The Bertz CT molecular complexity index is 1230. The zero-order valence-electron chi connectivity index (χ0n) is 18.3. The van der Waals surface area contributed by atoms with Crippen LogP contribution in [0.25, 0.3) is 22.4 Å². The van der Waals surface area contributed by atoms with Crippen LogP contribution in [-0.4, -0.2) is 30.0 Å². The number of fused-ring (bicyclic) bond motifs is 2. The molecular weight excluding hydrogens is 386 g/mol. The van der Waals surface area contributed by atoms with Crippen LogP contribution in [0.3, 0.4) is 0 Å². The normalized spacial score (nSPS) is 20.0. The van der Waals surface area contributed by atoms with Crippen LogP contribution < -0.4 is 15.8 Å². The lowest BCUT2D eigenvalue weighted by Gasteiger charge is -2.40. The van der Waals surface area contributed by atoms with Crippen LogP contribution in [0.2, 0.25) is 0 Å². The molecule has 1 aliphatic rings. The van der Waals surface area contributed by atoms with Crippen LogP contribution in [0.1, 0.15) is 32.3 Å². The van der Waals surface area contributed by atoms with Crippen LogP contribution in [0, 0.1) is 5.92 Å². The summed E-state index contributed by atoms with van der Waals surface area (Å²) < 4.78 is 6.18. The first-order chi connectivity index (χ1) is 15.0. The highest BCUT2D eigenvalue weighted by molar-refractivity contribution is 5.96. The third kappa shape index (κ3) is 3.78. The molecule has 3 aromatic rings. The van der Waals surface area contributed by atoms with Crippen LogP contribution in [0.5, 0.6) is 0 Å². The van der Waals surface area contributed by atoms with Crippen molar-refractivity contribution in [2.45, 2.75) is 38.5 Å². The summed E-state index contributed by atoms with van der Waals surface area (Å²) in [5, 5.41) is 17.9. The summed E-state index contributed by atoms with van der Waals surface area (Å²) in [6.07, 6.45) is 3.43. The van der Waals surface area contributed by atoms with Crippen molar-refractivity contribution < 1.29 is 14.6 Å². The van der Waals surface area contributed by atoms with E-state index < -0.39 is 17.7 Å². The van der Waals surface area contributed by atoms with Gasteiger partial charge < -0.3 is 9.84 Å². The van der Waals surface area contributed by atoms with Crippen molar-refractivity contribution in [1.29, 1.82) is 0 Å². The molecule has 0 bridgehead atoms. The van der Waals surface area contributed by atoms with Gasteiger partial charge in [0.2, 0.25) is 0 Å². The number of carbonyl (C=O) groups is 1. The molecule has 0 saturated heterocycles. The van der Waals surface area contributed by atoms with Gasteiger partial charge in [-0.1, -0.05) is 93.1 Å². The standard InChI is InChI=1S/C27H29NO3/c1-4-18(2)25(26(29)30)28-27(31-3)17-16-20-11-6-8-14-22(20)24(27)23-15-9-12-19-10-5-7-13-21(19)23/h5-16,18,25,28H,4,17H2,1-3H3,(H,29,30). The van der Waals surface area contributed by atoms with E-state index in [1.165, 1.54) is 0 Å². The molecule has 0 saturated carbocycles. The highest BCUT2D eigenvalue weighted by atomic mass is 16.5. The Kier molecular flexibility index (Phi) is 5.94. The number of hydrogen-bond donors (Lipinski definition) is 2. The molecule has 2 N–H and O–H groups in total. The number of nitrogens with one attached hydrogen (secondary N) is 1. The van der Waals surface area contributed by atoms with Gasteiger partial charge in [-0.3, -0.25) is 10.1 Å². The fourth-order valence-electron chi connectivity index (χ4n) is 4.59. The van der Waals surface area contributed by atoms with Crippen LogP contribution in [0.4, 0.5) is 0 Å². The first kappa shape index (κ1) is 21.3. The fourth-order valence-corrected chi connectivity index (χ4v) is 4.59. The number of carboxylic acid groups (broad SMARTS) is 1. The van der Waals surface area contributed by atoms with Gasteiger partial charge >= 0.3 is 5.97 Å². The predicted octanol–water partition coefficient (Wildman–Crippen LogP) is 3.65. The number of hydrogen-bond acceptors (Lipinski definition) is 3. The predicted molar refractivity (Wildman–Crippen MR) is 125 cm³/mol. The number of rotatable bonds is 7. The monoisotopic (exact) mass is 415 g/mol. The number of benzene rings is 3. The number of carboxylic acids is 1.